The van der Waals surface area contributed by atoms with Gasteiger partial charge >= 0.3 is 6.03 Å². The number of rotatable bonds is 3. The van der Waals surface area contributed by atoms with Gasteiger partial charge in [0.1, 0.15) is 5.54 Å². The Morgan fingerprint density at radius 2 is 1.93 bits per heavy atom. The molecular weight excluding hydrogens is 386 g/mol. The molecule has 2 saturated heterocycles. The summed E-state index contributed by atoms with van der Waals surface area (Å²) in [6.07, 6.45) is 7.26. The molecule has 1 N–H and O–H groups in total. The van der Waals surface area contributed by atoms with Gasteiger partial charge in [0, 0.05) is 51.2 Å². The highest BCUT2D eigenvalue weighted by molar-refractivity contribution is 7.09. The number of aryl methyl sites for hydroxylation is 1. The number of urea groups is 1. The van der Waals surface area contributed by atoms with E-state index >= 15 is 0 Å². The maximum absolute atomic E-state index is 13.2. The number of thiazole rings is 1. The van der Waals surface area contributed by atoms with Crippen LogP contribution in [0.3, 0.4) is 0 Å². The Kier molecular flexibility index (Phi) is 6.11. The van der Waals surface area contributed by atoms with Crippen LogP contribution in [-0.4, -0.2) is 76.4 Å². The van der Waals surface area contributed by atoms with Crippen molar-refractivity contribution >= 4 is 23.3 Å². The van der Waals surface area contributed by atoms with Crippen molar-refractivity contribution in [2.24, 2.45) is 0 Å². The maximum Gasteiger partial charge on any atom is 0.317 e. The van der Waals surface area contributed by atoms with Gasteiger partial charge in [0.15, 0.2) is 0 Å². The molecule has 8 heteroatoms. The lowest BCUT2D eigenvalue weighted by Gasteiger charge is -2.52. The molecular formula is C21H33N5O2S. The fraction of sp³-hybridized carbons (Fsp3) is 0.762. The van der Waals surface area contributed by atoms with Gasteiger partial charge in [-0.05, 0) is 32.6 Å². The van der Waals surface area contributed by atoms with E-state index in [9.17, 15) is 9.59 Å². The number of likely N-dealkylation sites (N-methyl/N-ethyl adjacent to an activating group) is 1. The molecule has 0 atom stereocenters. The van der Waals surface area contributed by atoms with E-state index in [0.717, 1.165) is 36.6 Å². The van der Waals surface area contributed by atoms with Crippen molar-refractivity contribution in [2.45, 2.75) is 70.0 Å². The predicted octanol–water partition coefficient (Wildman–Crippen LogP) is 2.60. The van der Waals surface area contributed by atoms with Crippen molar-refractivity contribution in [1.29, 1.82) is 0 Å². The van der Waals surface area contributed by atoms with Gasteiger partial charge in [0.25, 0.3) is 0 Å². The van der Waals surface area contributed by atoms with E-state index in [1.165, 1.54) is 19.3 Å². The summed E-state index contributed by atoms with van der Waals surface area (Å²) in [5.41, 5.74) is 0.535. The van der Waals surface area contributed by atoms with Gasteiger partial charge < -0.3 is 15.1 Å². The van der Waals surface area contributed by atoms with E-state index in [1.807, 2.05) is 23.8 Å². The summed E-state index contributed by atoms with van der Waals surface area (Å²) in [6, 6.07) is 0.365. The van der Waals surface area contributed by atoms with Crippen LogP contribution in [0, 0.1) is 6.92 Å². The van der Waals surface area contributed by atoms with Crippen molar-refractivity contribution < 1.29 is 9.59 Å². The first-order valence-corrected chi connectivity index (χ1v) is 11.8. The van der Waals surface area contributed by atoms with E-state index in [2.05, 4.69) is 20.6 Å². The van der Waals surface area contributed by atoms with Gasteiger partial charge in [0.2, 0.25) is 5.91 Å². The van der Waals surface area contributed by atoms with Crippen LogP contribution >= 0.6 is 11.3 Å². The first-order chi connectivity index (χ1) is 14.0. The summed E-state index contributed by atoms with van der Waals surface area (Å²) in [7, 11) is 1.90. The third kappa shape index (κ3) is 4.28. The second-order valence-corrected chi connectivity index (χ2v) is 9.87. The molecule has 1 aromatic rings. The smallest absolute Gasteiger partial charge is 0.317 e. The summed E-state index contributed by atoms with van der Waals surface area (Å²) >= 11 is 1.66. The summed E-state index contributed by atoms with van der Waals surface area (Å²) in [4.78, 5) is 36.7. The largest absolute Gasteiger partial charge is 0.343 e. The number of hydrogen-bond acceptors (Lipinski definition) is 5. The van der Waals surface area contributed by atoms with Crippen LogP contribution in [0.5, 0.6) is 0 Å². The average Bonchev–Trinajstić information content (AvgIpc) is 3.14. The number of piperazine rings is 1. The van der Waals surface area contributed by atoms with Gasteiger partial charge in [-0.25, -0.2) is 9.78 Å². The normalized spacial score (nSPS) is 23.6. The number of likely N-dealkylation sites (tertiary alicyclic amines) is 1. The number of amides is 3. The molecule has 0 aromatic carbocycles. The number of hydrogen-bond donors (Lipinski definition) is 1. The highest BCUT2D eigenvalue weighted by atomic mass is 32.1. The van der Waals surface area contributed by atoms with Crippen LogP contribution in [0.2, 0.25) is 0 Å². The molecule has 1 saturated carbocycles. The van der Waals surface area contributed by atoms with Crippen LogP contribution in [0.4, 0.5) is 4.79 Å². The molecule has 1 spiro atoms. The van der Waals surface area contributed by atoms with E-state index in [1.54, 1.807) is 11.3 Å². The van der Waals surface area contributed by atoms with Crippen molar-refractivity contribution in [3.63, 3.8) is 0 Å². The molecule has 0 radical (unpaired) electrons. The molecule has 3 fully saturated rings. The lowest BCUT2D eigenvalue weighted by molar-refractivity contribution is -0.154. The molecule has 1 aromatic heterocycles. The number of piperidine rings is 1. The number of carbonyl (C=O) groups is 2. The second kappa shape index (κ2) is 8.60. The highest BCUT2D eigenvalue weighted by Gasteiger charge is 2.50. The molecule has 7 nitrogen and oxygen atoms in total. The van der Waals surface area contributed by atoms with Gasteiger partial charge in [0.05, 0.1) is 10.7 Å². The van der Waals surface area contributed by atoms with E-state index < -0.39 is 5.54 Å². The Morgan fingerprint density at radius 3 is 2.59 bits per heavy atom. The van der Waals surface area contributed by atoms with Crippen molar-refractivity contribution in [2.75, 3.05) is 33.2 Å². The van der Waals surface area contributed by atoms with Crippen molar-refractivity contribution in [1.82, 2.24) is 25.0 Å². The van der Waals surface area contributed by atoms with Crippen LogP contribution in [-0.2, 0) is 11.3 Å². The van der Waals surface area contributed by atoms with E-state index in [0.29, 0.717) is 38.5 Å². The fourth-order valence-electron chi connectivity index (χ4n) is 5.11. The van der Waals surface area contributed by atoms with E-state index in [-0.39, 0.29) is 11.9 Å². The lowest BCUT2D eigenvalue weighted by Crippen LogP contribution is -2.68. The first-order valence-electron chi connectivity index (χ1n) is 10.9. The third-order valence-electron chi connectivity index (χ3n) is 6.89. The zero-order valence-corrected chi connectivity index (χ0v) is 18.5. The maximum atomic E-state index is 13.2. The van der Waals surface area contributed by atoms with Gasteiger partial charge in [-0.3, -0.25) is 9.69 Å². The van der Waals surface area contributed by atoms with Crippen molar-refractivity contribution in [3.8, 4) is 0 Å². The minimum absolute atomic E-state index is 0.0463. The van der Waals surface area contributed by atoms with Gasteiger partial charge in [-0.1, -0.05) is 19.3 Å². The minimum atomic E-state index is -0.508. The summed E-state index contributed by atoms with van der Waals surface area (Å²) in [5, 5.41) is 6.38. The average molecular weight is 420 g/mol. The van der Waals surface area contributed by atoms with Gasteiger partial charge in [-0.2, -0.15) is 0 Å². The second-order valence-electron chi connectivity index (χ2n) is 8.81. The number of aromatic nitrogens is 1. The number of nitrogens with zero attached hydrogens (tertiary/aromatic N) is 4. The zero-order chi connectivity index (χ0) is 20.4. The molecule has 3 heterocycles. The monoisotopic (exact) mass is 419 g/mol. The molecule has 0 bridgehead atoms. The predicted molar refractivity (Wildman–Crippen MR) is 114 cm³/mol. The molecule has 160 valence electrons. The Morgan fingerprint density at radius 1 is 1.21 bits per heavy atom. The quantitative estimate of drug-likeness (QED) is 0.818. The minimum Gasteiger partial charge on any atom is -0.343 e. The Balaban J connectivity index is 1.42. The number of nitrogens with one attached hydrogen (secondary N) is 1. The zero-order valence-electron chi connectivity index (χ0n) is 17.7. The molecule has 0 unspecified atom stereocenters. The summed E-state index contributed by atoms with van der Waals surface area (Å²) in [6.45, 7) is 5.58. The SMILES string of the molecule is Cc1nc(CN2CCN(C)C(=O)C23CCN(C(=O)NC2CCCCC2)CC3)cs1. The molecule has 2 aliphatic heterocycles. The number of carbonyl (C=O) groups excluding carboxylic acids is 2. The van der Waals surface area contributed by atoms with E-state index in [4.69, 9.17) is 0 Å². The highest BCUT2D eigenvalue weighted by Crippen LogP contribution is 2.35. The standard InChI is InChI=1S/C21H33N5O2S/c1-16-22-18(15-29-16)14-26-13-12-24(2)19(27)21(26)8-10-25(11-9-21)20(28)23-17-6-4-3-5-7-17/h15,17H,3-14H2,1-2H3,(H,23,28). The molecule has 29 heavy (non-hydrogen) atoms. The Labute approximate surface area is 177 Å². The van der Waals surface area contributed by atoms with Crippen LogP contribution < -0.4 is 5.32 Å². The fourth-order valence-corrected chi connectivity index (χ4v) is 5.71. The topological polar surface area (TPSA) is 68.8 Å². The Hall–Kier alpha value is -1.67. The molecule has 1 aliphatic carbocycles. The molecule has 3 aliphatic rings. The molecule has 3 amide bonds. The first kappa shape index (κ1) is 20.6. The van der Waals surface area contributed by atoms with Crippen molar-refractivity contribution in [3.05, 3.63) is 16.1 Å². The summed E-state index contributed by atoms with van der Waals surface area (Å²) < 4.78 is 0. The van der Waals surface area contributed by atoms with Crippen LogP contribution in [0.15, 0.2) is 5.38 Å². The summed E-state index contributed by atoms with van der Waals surface area (Å²) in [5.74, 6) is 0.197. The Bertz CT molecular complexity index is 737. The third-order valence-corrected chi connectivity index (χ3v) is 7.71. The van der Waals surface area contributed by atoms with Crippen LogP contribution in [0.1, 0.15) is 55.6 Å². The lowest BCUT2D eigenvalue weighted by atomic mass is 9.82. The van der Waals surface area contributed by atoms with Crippen LogP contribution in [0.25, 0.3) is 0 Å². The molecule has 4 rings (SSSR count). The van der Waals surface area contributed by atoms with Gasteiger partial charge in [-0.15, -0.1) is 11.3 Å².